The number of nitrogens with one attached hydrogen (secondary N) is 3. The number of H-pyrrole nitrogens is 1. The van der Waals surface area contributed by atoms with Crippen LogP contribution >= 0.6 is 23.5 Å². The molecule has 3 aromatic carbocycles. The molecule has 3 N–H and O–H groups in total. The number of halogens is 2. The summed E-state index contributed by atoms with van der Waals surface area (Å²) in [6.07, 6.45) is 10.6. The summed E-state index contributed by atoms with van der Waals surface area (Å²) in [5.74, 6) is -1.27. The zero-order chi connectivity index (χ0) is 42.3. The van der Waals surface area contributed by atoms with Gasteiger partial charge in [0.15, 0.2) is 11.6 Å². The number of methoxy groups -OCH3 is 1. The van der Waals surface area contributed by atoms with Crippen LogP contribution in [0.5, 0.6) is 11.5 Å². The summed E-state index contributed by atoms with van der Waals surface area (Å²) in [6, 6.07) is 19.6. The normalized spacial score (nSPS) is 16.5. The topological polar surface area (TPSA) is 147 Å². The number of piperazine rings is 1. The van der Waals surface area contributed by atoms with Gasteiger partial charge in [0.25, 0.3) is 11.6 Å². The molecule has 1 amide bonds. The van der Waals surface area contributed by atoms with Crippen molar-refractivity contribution >= 4 is 63.1 Å². The van der Waals surface area contributed by atoms with Gasteiger partial charge >= 0.3 is 0 Å². The second kappa shape index (κ2) is 19.2. The predicted molar refractivity (Wildman–Crippen MR) is 237 cm³/mol. The Labute approximate surface area is 363 Å². The number of hydrogen-bond acceptors (Lipinski definition) is 11. The number of aromatic amines is 1. The number of nitro benzene ring substituents is 1. The number of fused-ring (bicyclic) bond motifs is 1. The molecule has 5 aromatic rings. The van der Waals surface area contributed by atoms with E-state index in [1.165, 1.54) is 54.7 Å². The first-order chi connectivity index (χ1) is 29.7. The van der Waals surface area contributed by atoms with Gasteiger partial charge in [-0.05, 0) is 109 Å². The lowest BCUT2D eigenvalue weighted by Gasteiger charge is -2.47. The van der Waals surface area contributed by atoms with E-state index in [9.17, 15) is 14.9 Å². The van der Waals surface area contributed by atoms with E-state index in [1.54, 1.807) is 43.6 Å². The van der Waals surface area contributed by atoms with E-state index in [-0.39, 0.29) is 22.7 Å². The summed E-state index contributed by atoms with van der Waals surface area (Å²) in [5.41, 5.74) is 5.73. The predicted octanol–water partition coefficient (Wildman–Crippen LogP) is 9.50. The van der Waals surface area contributed by atoms with Gasteiger partial charge < -0.3 is 29.4 Å². The minimum atomic E-state index is -0.664. The highest BCUT2D eigenvalue weighted by Gasteiger charge is 2.41. The molecule has 2 aromatic heterocycles. The summed E-state index contributed by atoms with van der Waals surface area (Å²) in [5, 5.41) is 16.5. The minimum Gasteiger partial charge on any atom is -0.452 e. The third-order valence-electron chi connectivity index (χ3n) is 12.0. The first kappa shape index (κ1) is 42.5. The van der Waals surface area contributed by atoms with Crippen molar-refractivity contribution in [2.75, 3.05) is 76.4 Å². The Morgan fingerprint density at radius 2 is 1.85 bits per heavy atom. The van der Waals surface area contributed by atoms with Crippen molar-refractivity contribution < 1.29 is 28.3 Å². The van der Waals surface area contributed by atoms with Crippen LogP contribution in [0.3, 0.4) is 0 Å². The highest BCUT2D eigenvalue weighted by molar-refractivity contribution is 7.98. The number of nitro groups is 1. The fourth-order valence-electron chi connectivity index (χ4n) is 8.51. The Hall–Kier alpha value is -5.19. The molecule has 61 heavy (non-hydrogen) atoms. The van der Waals surface area contributed by atoms with Crippen molar-refractivity contribution in [2.45, 2.75) is 43.4 Å². The van der Waals surface area contributed by atoms with Crippen LogP contribution in [0.25, 0.3) is 16.6 Å². The number of benzene rings is 3. The molecule has 320 valence electrons. The number of nitrogens with zero attached hydrogens (tertiary/aromatic N) is 4. The lowest BCUT2D eigenvalue weighted by Crippen LogP contribution is -2.47. The Morgan fingerprint density at radius 3 is 2.61 bits per heavy atom. The van der Waals surface area contributed by atoms with Gasteiger partial charge in [0.2, 0.25) is 0 Å². The van der Waals surface area contributed by atoms with E-state index >= 15 is 4.39 Å². The summed E-state index contributed by atoms with van der Waals surface area (Å²) >= 11 is 7.15. The number of rotatable bonds is 17. The molecular weight excluding hydrogens is 821 g/mol. The van der Waals surface area contributed by atoms with E-state index in [0.717, 1.165) is 54.8 Å². The van der Waals surface area contributed by atoms with E-state index in [2.05, 4.69) is 37.0 Å². The average molecular weight is 870 g/mol. The summed E-state index contributed by atoms with van der Waals surface area (Å²) < 4.78 is 36.2. The monoisotopic (exact) mass is 869 g/mol. The summed E-state index contributed by atoms with van der Waals surface area (Å²) in [7, 11) is 1.58. The number of carbonyl (C=O) groups excluding carboxylic acids is 1. The number of amides is 1. The molecule has 1 spiro atoms. The highest BCUT2D eigenvalue weighted by atomic mass is 35.5. The summed E-state index contributed by atoms with van der Waals surface area (Å²) in [6.45, 7) is 5.09. The second-order valence-corrected chi connectivity index (χ2v) is 17.2. The number of allylic oxidation sites excluding steroid dienone is 1. The van der Waals surface area contributed by atoms with Crippen LogP contribution in [0.15, 0.2) is 89.6 Å². The van der Waals surface area contributed by atoms with Crippen molar-refractivity contribution in [3.63, 3.8) is 0 Å². The maximum absolute atomic E-state index is 16.9. The van der Waals surface area contributed by atoms with Crippen molar-refractivity contribution in [1.29, 1.82) is 0 Å². The standard InChI is InChI=1S/C45H49ClFN7O6S/c1-58-23-24-59-22-17-48-38-9-7-35(26-40(38)54(56)57)61-51-44(55)36-8-10-39(41(47)42(36)60-34-25-31-12-16-49-43(31)50-28-34)53-20-18-52(19-21-53)29-32-11-15-45(13-2-14-45)27-37(32)30-3-5-33(46)6-4-30/h3-10,12,16,25-26,28,48H,2,11,13-15,17-24,27,29H2,1H3,(H,49,50)(H,51,55). The molecule has 1 aliphatic heterocycles. The van der Waals surface area contributed by atoms with Crippen molar-refractivity contribution in [3.05, 3.63) is 117 Å². The molecule has 0 unspecified atom stereocenters. The first-order valence-electron chi connectivity index (χ1n) is 20.6. The molecule has 1 saturated carbocycles. The number of pyridine rings is 1. The Morgan fingerprint density at radius 1 is 1.03 bits per heavy atom. The van der Waals surface area contributed by atoms with Gasteiger partial charge in [-0.2, -0.15) is 0 Å². The molecule has 3 heterocycles. The van der Waals surface area contributed by atoms with Crippen molar-refractivity contribution in [1.82, 2.24) is 19.6 Å². The molecule has 0 bridgehead atoms. The highest BCUT2D eigenvalue weighted by Crippen LogP contribution is 2.55. The number of carbonyl (C=O) groups is 1. The first-order valence-corrected chi connectivity index (χ1v) is 21.8. The lowest BCUT2D eigenvalue weighted by atomic mass is 9.59. The molecule has 2 fully saturated rings. The fraction of sp³-hybridized carbons (Fsp3) is 0.378. The van der Waals surface area contributed by atoms with Crippen LogP contribution in [0.1, 0.15) is 54.4 Å². The van der Waals surface area contributed by atoms with Gasteiger partial charge in [-0.3, -0.25) is 24.5 Å². The third-order valence-corrected chi connectivity index (χ3v) is 13.0. The molecule has 13 nitrogen and oxygen atoms in total. The SMILES string of the molecule is COCCOCCNc1ccc(SNC(=O)c2ccc(N3CCN(CC4=C(c5ccc(Cl)cc5)CC5(CCC5)CC4)CC3)c(F)c2Oc2cnc3[nH]ccc3c2)cc1[N+](=O)[O-]. The molecule has 0 atom stereocenters. The van der Waals surface area contributed by atoms with Gasteiger partial charge in [-0.25, -0.2) is 9.37 Å². The zero-order valence-electron chi connectivity index (χ0n) is 34.0. The number of anilines is 2. The minimum absolute atomic E-state index is 0.0361. The molecule has 2 aliphatic carbocycles. The molecular formula is C45H49ClFN7O6S. The van der Waals surface area contributed by atoms with E-state index in [1.807, 2.05) is 23.1 Å². The lowest BCUT2D eigenvalue weighted by molar-refractivity contribution is -0.384. The van der Waals surface area contributed by atoms with Gasteiger partial charge in [-0.15, -0.1) is 0 Å². The van der Waals surface area contributed by atoms with E-state index in [4.69, 9.17) is 25.8 Å². The Bertz CT molecular complexity index is 2400. The van der Waals surface area contributed by atoms with Gasteiger partial charge in [0.05, 0.1) is 42.2 Å². The quantitative estimate of drug-likeness (QED) is 0.0355. The number of aromatic nitrogens is 2. The van der Waals surface area contributed by atoms with Gasteiger partial charge in [0, 0.05) is 73.9 Å². The van der Waals surface area contributed by atoms with Crippen LogP contribution in [0, 0.1) is 21.3 Å². The maximum atomic E-state index is 16.9. The Kier molecular flexibility index (Phi) is 13.4. The molecule has 0 radical (unpaired) electrons. The van der Waals surface area contributed by atoms with Gasteiger partial charge in [0.1, 0.15) is 17.1 Å². The molecule has 16 heteroatoms. The molecule has 3 aliphatic rings. The van der Waals surface area contributed by atoms with E-state index < -0.39 is 16.6 Å². The van der Waals surface area contributed by atoms with Crippen LogP contribution < -0.4 is 19.7 Å². The summed E-state index contributed by atoms with van der Waals surface area (Å²) in [4.78, 5) is 37.6. The average Bonchev–Trinajstić information content (AvgIpc) is 3.73. The number of ether oxygens (including phenoxy) is 3. The molecule has 1 saturated heterocycles. The second-order valence-electron chi connectivity index (χ2n) is 15.8. The zero-order valence-corrected chi connectivity index (χ0v) is 35.6. The van der Waals surface area contributed by atoms with Crippen LogP contribution in [-0.4, -0.2) is 91.9 Å². The fourth-order valence-corrected chi connectivity index (χ4v) is 9.26. The third kappa shape index (κ3) is 9.97. The smallest absolute Gasteiger partial charge is 0.293 e. The van der Waals surface area contributed by atoms with E-state index in [0.29, 0.717) is 66.8 Å². The maximum Gasteiger partial charge on any atom is 0.293 e. The van der Waals surface area contributed by atoms with Crippen LogP contribution in [0.4, 0.5) is 21.5 Å². The Balaban J connectivity index is 0.976. The van der Waals surface area contributed by atoms with Crippen molar-refractivity contribution in [3.8, 4) is 11.5 Å². The van der Waals surface area contributed by atoms with Crippen LogP contribution in [-0.2, 0) is 9.47 Å². The van der Waals surface area contributed by atoms with Crippen molar-refractivity contribution in [2.24, 2.45) is 5.41 Å². The largest absolute Gasteiger partial charge is 0.452 e. The molecule has 8 rings (SSSR count). The number of hydrogen-bond donors (Lipinski definition) is 3. The van der Waals surface area contributed by atoms with Crippen LogP contribution in [0.2, 0.25) is 5.02 Å². The van der Waals surface area contributed by atoms with Gasteiger partial charge in [-0.1, -0.05) is 35.7 Å².